The van der Waals surface area contributed by atoms with Crippen LogP contribution in [0.4, 0.5) is 0 Å². The predicted molar refractivity (Wildman–Crippen MR) is 130 cm³/mol. The summed E-state index contributed by atoms with van der Waals surface area (Å²) in [6.45, 7) is 1.50. The average molecular weight is 515 g/mol. The molecule has 1 aromatic heterocycles. The summed E-state index contributed by atoms with van der Waals surface area (Å²) in [7, 11) is 13.4. The van der Waals surface area contributed by atoms with Gasteiger partial charge in [-0.15, -0.1) is 24.0 Å². The van der Waals surface area contributed by atoms with E-state index in [-0.39, 0.29) is 30.0 Å². The Bertz CT molecular complexity index is 791. The first-order valence-electron chi connectivity index (χ1n) is 9.31. The van der Waals surface area contributed by atoms with Crippen molar-refractivity contribution in [3.8, 4) is 11.5 Å². The van der Waals surface area contributed by atoms with Crippen LogP contribution in [0.1, 0.15) is 17.3 Å². The molecule has 0 aliphatic carbocycles. The maximum absolute atomic E-state index is 5.46. The molecule has 7 nitrogen and oxygen atoms in total. The number of aliphatic imine (C=N–C) groups is 1. The van der Waals surface area contributed by atoms with Gasteiger partial charge in [0.2, 0.25) is 0 Å². The van der Waals surface area contributed by atoms with Gasteiger partial charge in [-0.05, 0) is 43.9 Å². The van der Waals surface area contributed by atoms with Crippen LogP contribution in [0.25, 0.3) is 0 Å². The van der Waals surface area contributed by atoms with Crippen molar-refractivity contribution < 1.29 is 9.47 Å². The lowest BCUT2D eigenvalue weighted by Gasteiger charge is -2.29. The highest BCUT2D eigenvalue weighted by molar-refractivity contribution is 14.0. The Morgan fingerprint density at radius 1 is 1.14 bits per heavy atom. The molecule has 0 aliphatic heterocycles. The van der Waals surface area contributed by atoms with Crippen LogP contribution in [0.15, 0.2) is 41.5 Å². The number of guanidine groups is 1. The van der Waals surface area contributed by atoms with Crippen molar-refractivity contribution in [2.75, 3.05) is 49.0 Å². The zero-order valence-corrected chi connectivity index (χ0v) is 20.8. The topological polar surface area (TPSA) is 54.3 Å². The molecule has 2 aromatic rings. The van der Waals surface area contributed by atoms with Crippen molar-refractivity contribution in [1.29, 1.82) is 0 Å². The summed E-state index contributed by atoms with van der Waals surface area (Å²) in [5, 5.41) is 3.50. The second-order valence-corrected chi connectivity index (χ2v) is 6.99. The largest absolute Gasteiger partial charge is 0.493 e. The van der Waals surface area contributed by atoms with E-state index in [9.17, 15) is 0 Å². The Morgan fingerprint density at radius 2 is 1.83 bits per heavy atom. The first-order valence-corrected chi connectivity index (χ1v) is 9.31. The SMILES string of the molecule is CN=C(NCC(c1ccc(OC)c(OC)c1)N(C)C)N(C)Cc1cccn1C.I. The minimum Gasteiger partial charge on any atom is -0.493 e. The third kappa shape index (κ3) is 6.53. The van der Waals surface area contributed by atoms with Gasteiger partial charge in [-0.25, -0.2) is 0 Å². The monoisotopic (exact) mass is 515 g/mol. The predicted octanol–water partition coefficient (Wildman–Crippen LogP) is 2.97. The van der Waals surface area contributed by atoms with Gasteiger partial charge in [0.15, 0.2) is 17.5 Å². The maximum atomic E-state index is 5.46. The summed E-state index contributed by atoms with van der Waals surface area (Å²) in [4.78, 5) is 8.74. The number of hydrogen-bond donors (Lipinski definition) is 1. The number of aromatic nitrogens is 1. The number of nitrogens with one attached hydrogen (secondary N) is 1. The third-order valence-electron chi connectivity index (χ3n) is 4.89. The molecule has 1 atom stereocenters. The maximum Gasteiger partial charge on any atom is 0.193 e. The third-order valence-corrected chi connectivity index (χ3v) is 4.89. The van der Waals surface area contributed by atoms with Gasteiger partial charge in [-0.2, -0.15) is 0 Å². The van der Waals surface area contributed by atoms with Crippen LogP contribution >= 0.6 is 24.0 Å². The number of ether oxygens (including phenoxy) is 2. The fourth-order valence-electron chi connectivity index (χ4n) is 3.21. The minimum atomic E-state index is 0. The lowest BCUT2D eigenvalue weighted by atomic mass is 10.1. The standard InChI is InChI=1S/C21H33N5O2.HI/c1-22-21(26(5)15-17-9-8-12-25(17)4)23-14-18(24(2)3)16-10-11-19(27-6)20(13-16)28-7;/h8-13,18H,14-15H2,1-7H3,(H,22,23);1H. The quantitative estimate of drug-likeness (QED) is 0.333. The summed E-state index contributed by atoms with van der Waals surface area (Å²) < 4.78 is 12.9. The van der Waals surface area contributed by atoms with E-state index in [1.165, 1.54) is 5.69 Å². The second kappa shape index (κ2) is 11.9. The van der Waals surface area contributed by atoms with E-state index in [2.05, 4.69) is 70.2 Å². The van der Waals surface area contributed by atoms with Gasteiger partial charge in [-0.1, -0.05) is 6.07 Å². The molecule has 1 unspecified atom stereocenters. The molecule has 1 N–H and O–H groups in total. The molecule has 162 valence electrons. The van der Waals surface area contributed by atoms with E-state index in [0.29, 0.717) is 6.54 Å². The van der Waals surface area contributed by atoms with Crippen molar-refractivity contribution in [3.05, 3.63) is 47.8 Å². The smallest absolute Gasteiger partial charge is 0.193 e. The highest BCUT2D eigenvalue weighted by Gasteiger charge is 2.18. The number of nitrogens with zero attached hydrogens (tertiary/aromatic N) is 4. The molecular formula is C21H34IN5O2. The van der Waals surface area contributed by atoms with Crippen molar-refractivity contribution >= 4 is 29.9 Å². The van der Waals surface area contributed by atoms with Crippen molar-refractivity contribution in [2.24, 2.45) is 12.0 Å². The van der Waals surface area contributed by atoms with Crippen LogP contribution in [-0.4, -0.2) is 69.3 Å². The van der Waals surface area contributed by atoms with Gasteiger partial charge in [0.1, 0.15) is 0 Å². The molecule has 0 amide bonds. The van der Waals surface area contributed by atoms with Crippen LogP contribution in [0.5, 0.6) is 11.5 Å². The molecule has 8 heteroatoms. The molecule has 29 heavy (non-hydrogen) atoms. The average Bonchev–Trinajstić information content (AvgIpc) is 3.08. The molecule has 0 radical (unpaired) electrons. The zero-order valence-electron chi connectivity index (χ0n) is 18.5. The van der Waals surface area contributed by atoms with Crippen LogP contribution in [-0.2, 0) is 13.6 Å². The molecule has 0 saturated heterocycles. The van der Waals surface area contributed by atoms with E-state index in [4.69, 9.17) is 9.47 Å². The number of rotatable bonds is 8. The number of hydrogen-bond acceptors (Lipinski definition) is 4. The van der Waals surface area contributed by atoms with Crippen LogP contribution in [0, 0.1) is 0 Å². The first-order chi connectivity index (χ1) is 13.4. The Hall–Kier alpha value is -1.94. The molecule has 0 bridgehead atoms. The minimum absolute atomic E-state index is 0. The van der Waals surface area contributed by atoms with Crippen LogP contribution in [0.3, 0.4) is 0 Å². The number of methoxy groups -OCH3 is 2. The van der Waals surface area contributed by atoms with Gasteiger partial charge in [0.25, 0.3) is 0 Å². The number of benzene rings is 1. The lowest BCUT2D eigenvalue weighted by Crippen LogP contribution is -2.42. The highest BCUT2D eigenvalue weighted by Crippen LogP contribution is 2.31. The fraction of sp³-hybridized carbons (Fsp3) is 0.476. The summed E-state index contributed by atoms with van der Waals surface area (Å²) in [5.41, 5.74) is 2.38. The number of halogens is 1. The van der Waals surface area contributed by atoms with Gasteiger partial charge < -0.3 is 29.2 Å². The van der Waals surface area contributed by atoms with E-state index >= 15 is 0 Å². The Kier molecular flexibility index (Phi) is 10.3. The van der Waals surface area contributed by atoms with E-state index in [1.54, 1.807) is 14.2 Å². The molecule has 1 aromatic carbocycles. The summed E-state index contributed by atoms with van der Waals surface area (Å²) in [6.07, 6.45) is 2.05. The lowest BCUT2D eigenvalue weighted by molar-refractivity contribution is 0.293. The summed E-state index contributed by atoms with van der Waals surface area (Å²) >= 11 is 0. The second-order valence-electron chi connectivity index (χ2n) is 6.99. The summed E-state index contributed by atoms with van der Waals surface area (Å²) in [5.74, 6) is 2.32. The van der Waals surface area contributed by atoms with Gasteiger partial charge in [0, 0.05) is 39.6 Å². The van der Waals surface area contributed by atoms with E-state index in [0.717, 1.165) is 29.6 Å². The fourth-order valence-corrected chi connectivity index (χ4v) is 3.21. The number of aryl methyl sites for hydroxylation is 1. The molecule has 1 heterocycles. The Balaban J connectivity index is 0.00000420. The molecule has 0 spiro atoms. The van der Waals surface area contributed by atoms with Crippen molar-refractivity contribution in [3.63, 3.8) is 0 Å². The van der Waals surface area contributed by atoms with Gasteiger partial charge in [0.05, 0.1) is 26.8 Å². The molecule has 0 fully saturated rings. The van der Waals surface area contributed by atoms with Crippen LogP contribution in [0.2, 0.25) is 0 Å². The molecule has 2 rings (SSSR count). The molecular weight excluding hydrogens is 481 g/mol. The van der Waals surface area contributed by atoms with Gasteiger partial charge in [-0.3, -0.25) is 4.99 Å². The van der Waals surface area contributed by atoms with Crippen molar-refractivity contribution in [2.45, 2.75) is 12.6 Å². The van der Waals surface area contributed by atoms with E-state index in [1.807, 2.05) is 26.2 Å². The Morgan fingerprint density at radius 3 is 2.34 bits per heavy atom. The normalized spacial score (nSPS) is 12.3. The zero-order chi connectivity index (χ0) is 20.7. The number of likely N-dealkylation sites (N-methyl/N-ethyl adjacent to an activating group) is 1. The summed E-state index contributed by atoms with van der Waals surface area (Å²) in [6, 6.07) is 10.4. The molecule has 0 aliphatic rings. The molecule has 0 saturated carbocycles. The first kappa shape index (κ1) is 25.1. The van der Waals surface area contributed by atoms with Crippen molar-refractivity contribution in [1.82, 2.24) is 19.7 Å². The van der Waals surface area contributed by atoms with E-state index < -0.39 is 0 Å². The van der Waals surface area contributed by atoms with Crippen LogP contribution < -0.4 is 14.8 Å². The highest BCUT2D eigenvalue weighted by atomic mass is 127. The Labute approximate surface area is 191 Å². The van der Waals surface area contributed by atoms with Gasteiger partial charge >= 0.3 is 0 Å².